The Kier molecular flexibility index (Phi) is 4.76. The minimum absolute atomic E-state index is 0.214. The zero-order valence-electron chi connectivity index (χ0n) is 4.85. The molecule has 0 spiro atoms. The molecule has 0 atom stereocenters. The fourth-order valence-electron chi connectivity index (χ4n) is 0.370. The fraction of sp³-hybridized carbons (Fsp3) is 0.800. The Labute approximate surface area is 54.3 Å². The van der Waals surface area contributed by atoms with Gasteiger partial charge in [0.15, 0.2) is 0 Å². The molecule has 0 heterocycles. The zero-order chi connectivity index (χ0) is 6.41. The molecule has 0 saturated carbocycles. The molecule has 0 saturated heterocycles. The molecule has 2 nitrogen and oxygen atoms in total. The quantitative estimate of drug-likeness (QED) is 0.575. The summed E-state index contributed by atoms with van der Waals surface area (Å²) in [7, 11) is 0. The van der Waals surface area contributed by atoms with Crippen LogP contribution < -0.4 is 4.84 Å². The van der Waals surface area contributed by atoms with Gasteiger partial charge in [0.1, 0.15) is 0 Å². The first kappa shape index (κ1) is 7.76. The summed E-state index contributed by atoms with van der Waals surface area (Å²) in [6, 6.07) is 0. The molecule has 0 unspecified atom stereocenters. The monoisotopic (exact) mass is 134 g/mol. The Balaban J connectivity index is 2.99. The number of hydrogen-bond donors (Lipinski definition) is 0. The Hall–Kier alpha value is -0.240. The van der Waals surface area contributed by atoms with E-state index in [9.17, 15) is 4.79 Å². The summed E-state index contributed by atoms with van der Waals surface area (Å²) in [5.74, 6) is -0.214. The van der Waals surface area contributed by atoms with Crippen molar-refractivity contribution in [3.05, 3.63) is 0 Å². The van der Waals surface area contributed by atoms with E-state index in [0.717, 1.165) is 12.8 Å². The van der Waals surface area contributed by atoms with Crippen molar-refractivity contribution >= 4 is 17.7 Å². The molecule has 47 valence electrons. The molecule has 0 fully saturated rings. The number of halogens is 1. The van der Waals surface area contributed by atoms with Crippen LogP contribution in [-0.4, -0.2) is 5.91 Å². The first-order chi connectivity index (χ1) is 3.81. The van der Waals surface area contributed by atoms with Crippen LogP contribution in [0, 0.1) is 0 Å². The number of carbonyl (C=O) groups is 1. The van der Waals surface area contributed by atoms with Crippen molar-refractivity contribution in [2.75, 3.05) is 0 Å². The summed E-state index contributed by atoms with van der Waals surface area (Å²) in [6.07, 6.45) is 2.38. The minimum atomic E-state index is -0.214. The topological polar surface area (TPSA) is 31.2 Å². The Morgan fingerprint density at radius 2 is 2.38 bits per heavy atom. The number of unbranched alkanes of at least 4 members (excludes halogenated alkanes) is 1. The first-order valence-corrected chi connectivity index (χ1v) is 3.00. The SMILES string of the molecule is CCCCC(=O)[N]Cl. The lowest BCUT2D eigenvalue weighted by Crippen LogP contribution is -2.03. The molecule has 1 radical (unpaired) electrons. The molecule has 1 amide bonds. The normalized spacial score (nSPS) is 8.75. The van der Waals surface area contributed by atoms with Crippen LogP contribution in [0.1, 0.15) is 26.2 Å². The van der Waals surface area contributed by atoms with Crippen molar-refractivity contribution in [1.29, 1.82) is 0 Å². The molecule has 0 aliphatic rings. The Morgan fingerprint density at radius 3 is 2.75 bits per heavy atom. The third-order valence-electron chi connectivity index (χ3n) is 0.838. The second-order valence-corrected chi connectivity index (χ2v) is 1.75. The van der Waals surface area contributed by atoms with E-state index in [1.165, 1.54) is 0 Å². The van der Waals surface area contributed by atoms with Crippen molar-refractivity contribution in [2.45, 2.75) is 26.2 Å². The summed E-state index contributed by atoms with van der Waals surface area (Å²) in [6.45, 7) is 2.02. The van der Waals surface area contributed by atoms with E-state index in [4.69, 9.17) is 11.8 Å². The molecule has 0 aliphatic heterocycles. The summed E-state index contributed by atoms with van der Waals surface area (Å²) < 4.78 is 0. The van der Waals surface area contributed by atoms with Crippen LogP contribution >= 0.6 is 11.8 Å². The van der Waals surface area contributed by atoms with Gasteiger partial charge >= 0.3 is 0 Å². The molecule has 0 aliphatic carbocycles. The summed E-state index contributed by atoms with van der Waals surface area (Å²) in [5.41, 5.74) is 0. The second kappa shape index (κ2) is 4.91. The van der Waals surface area contributed by atoms with E-state index < -0.39 is 0 Å². The highest BCUT2D eigenvalue weighted by Gasteiger charge is 1.96. The minimum Gasteiger partial charge on any atom is -0.272 e. The van der Waals surface area contributed by atoms with Crippen molar-refractivity contribution in [3.8, 4) is 0 Å². The average Bonchev–Trinajstić information content (AvgIpc) is 1.83. The van der Waals surface area contributed by atoms with E-state index in [-0.39, 0.29) is 5.91 Å². The Morgan fingerprint density at radius 1 is 1.75 bits per heavy atom. The highest BCUT2D eigenvalue weighted by molar-refractivity contribution is 6.20. The van der Waals surface area contributed by atoms with Crippen LogP contribution in [0.15, 0.2) is 0 Å². The molecule has 8 heavy (non-hydrogen) atoms. The van der Waals surface area contributed by atoms with Crippen LogP contribution in [0.4, 0.5) is 0 Å². The van der Waals surface area contributed by atoms with Crippen molar-refractivity contribution in [1.82, 2.24) is 4.84 Å². The van der Waals surface area contributed by atoms with Gasteiger partial charge in [0.05, 0.1) is 0 Å². The summed E-state index contributed by atoms with van der Waals surface area (Å²) >= 11 is 4.86. The lowest BCUT2D eigenvalue weighted by Gasteiger charge is -1.89. The van der Waals surface area contributed by atoms with Gasteiger partial charge in [-0.1, -0.05) is 13.3 Å². The van der Waals surface area contributed by atoms with E-state index >= 15 is 0 Å². The molecular weight excluding hydrogens is 126 g/mol. The molecule has 0 bridgehead atoms. The third-order valence-corrected chi connectivity index (χ3v) is 1.03. The van der Waals surface area contributed by atoms with Crippen LogP contribution in [0.5, 0.6) is 0 Å². The maximum atomic E-state index is 10.3. The maximum absolute atomic E-state index is 10.3. The van der Waals surface area contributed by atoms with Crippen molar-refractivity contribution in [3.63, 3.8) is 0 Å². The molecule has 0 aromatic heterocycles. The van der Waals surface area contributed by atoms with Crippen molar-refractivity contribution < 1.29 is 4.79 Å². The highest BCUT2D eigenvalue weighted by Crippen LogP contribution is 1.93. The van der Waals surface area contributed by atoms with E-state index in [1.807, 2.05) is 6.92 Å². The predicted molar refractivity (Wildman–Crippen MR) is 32.5 cm³/mol. The van der Waals surface area contributed by atoms with Crippen LogP contribution in [0.2, 0.25) is 0 Å². The smallest absolute Gasteiger partial charge is 0.257 e. The van der Waals surface area contributed by atoms with Crippen LogP contribution in [0.3, 0.4) is 0 Å². The number of nitrogens with zero attached hydrogens (tertiary/aromatic N) is 1. The van der Waals surface area contributed by atoms with Gasteiger partial charge in [0.25, 0.3) is 5.91 Å². The molecular formula is C5H9ClNO. The fourth-order valence-corrected chi connectivity index (χ4v) is 0.455. The van der Waals surface area contributed by atoms with Gasteiger partial charge in [-0.3, -0.25) is 4.79 Å². The van der Waals surface area contributed by atoms with Crippen LogP contribution in [0.25, 0.3) is 0 Å². The van der Waals surface area contributed by atoms with Crippen LogP contribution in [-0.2, 0) is 4.79 Å². The second-order valence-electron chi connectivity index (χ2n) is 1.58. The number of amides is 1. The van der Waals surface area contributed by atoms with E-state index in [0.29, 0.717) is 6.42 Å². The van der Waals surface area contributed by atoms with E-state index in [2.05, 4.69) is 4.84 Å². The maximum Gasteiger partial charge on any atom is 0.257 e. The van der Waals surface area contributed by atoms with Gasteiger partial charge in [0.2, 0.25) is 0 Å². The number of hydrogen-bond acceptors (Lipinski definition) is 1. The molecule has 0 rings (SSSR count). The van der Waals surface area contributed by atoms with Gasteiger partial charge in [-0.05, 0) is 6.42 Å². The standard InChI is InChI=1S/C5H9ClNO/c1-2-3-4-5(8)7-6/h2-4H2,1H3. The molecule has 0 aromatic carbocycles. The van der Waals surface area contributed by atoms with Gasteiger partial charge in [-0.25, -0.2) is 0 Å². The average molecular weight is 135 g/mol. The lowest BCUT2D eigenvalue weighted by atomic mass is 10.2. The van der Waals surface area contributed by atoms with E-state index in [1.54, 1.807) is 0 Å². The molecule has 3 heteroatoms. The Bertz CT molecular complexity index is 74.8. The molecule has 0 N–H and O–H groups in total. The largest absolute Gasteiger partial charge is 0.272 e. The van der Waals surface area contributed by atoms with Gasteiger partial charge in [0, 0.05) is 18.2 Å². The summed E-state index contributed by atoms with van der Waals surface area (Å²) in [4.78, 5) is 13.2. The molecule has 0 aromatic rings. The van der Waals surface area contributed by atoms with Crippen molar-refractivity contribution in [2.24, 2.45) is 0 Å². The lowest BCUT2D eigenvalue weighted by molar-refractivity contribution is -0.119. The number of carbonyl (C=O) groups excluding carboxylic acids is 1. The zero-order valence-corrected chi connectivity index (χ0v) is 5.61. The van der Waals surface area contributed by atoms with Gasteiger partial charge < -0.3 is 0 Å². The predicted octanol–water partition coefficient (Wildman–Crippen LogP) is 1.46. The first-order valence-electron chi connectivity index (χ1n) is 2.66. The third kappa shape index (κ3) is 3.93. The van der Waals surface area contributed by atoms with Gasteiger partial charge in [-0.15, -0.1) is 4.84 Å². The highest BCUT2D eigenvalue weighted by atomic mass is 35.5. The number of rotatable bonds is 3. The van der Waals surface area contributed by atoms with Gasteiger partial charge in [-0.2, -0.15) is 0 Å². The summed E-state index contributed by atoms with van der Waals surface area (Å²) in [5, 5.41) is 0.